The molecule has 0 atom stereocenters. The normalized spacial score (nSPS) is 10.9. The van der Waals surface area contributed by atoms with Crippen molar-refractivity contribution in [2.75, 3.05) is 20.0 Å². The molecule has 0 fully saturated rings. The highest BCUT2D eigenvalue weighted by Gasteiger charge is 2.13. The van der Waals surface area contributed by atoms with Gasteiger partial charge in [-0.05, 0) is 43.2 Å². The largest absolute Gasteiger partial charge is 0.493 e. The predicted molar refractivity (Wildman–Crippen MR) is 115 cm³/mol. The molecule has 1 heterocycles. The molecule has 3 aromatic rings. The van der Waals surface area contributed by atoms with Crippen LogP contribution in [0.15, 0.2) is 52.4 Å². The van der Waals surface area contributed by atoms with E-state index in [-0.39, 0.29) is 11.3 Å². The van der Waals surface area contributed by atoms with Gasteiger partial charge in [-0.15, -0.1) is 0 Å². The molecule has 0 N–H and O–H groups in total. The maximum absolute atomic E-state index is 13.2. The third kappa shape index (κ3) is 4.98. The Kier molecular flexibility index (Phi) is 6.93. The van der Waals surface area contributed by atoms with E-state index in [9.17, 15) is 9.59 Å². The zero-order chi connectivity index (χ0) is 20.8. The lowest BCUT2D eigenvalue weighted by Gasteiger charge is -2.14. The Balaban J connectivity index is 1.98. The Morgan fingerprint density at radius 3 is 2.59 bits per heavy atom. The van der Waals surface area contributed by atoms with Crippen LogP contribution in [0.5, 0.6) is 11.5 Å². The molecule has 0 saturated carbocycles. The molecular formula is C22H24N2O4S. The molecule has 3 rings (SSSR count). The highest BCUT2D eigenvalue weighted by Crippen LogP contribution is 2.28. The van der Waals surface area contributed by atoms with Crippen molar-refractivity contribution in [1.82, 2.24) is 9.55 Å². The number of Topliss-reactive ketones (excluding diaryl/α,β-unsaturated/α-hetero) is 1. The second-order valence-electron chi connectivity index (χ2n) is 6.65. The summed E-state index contributed by atoms with van der Waals surface area (Å²) in [6.07, 6.45) is 1.28. The fourth-order valence-corrected chi connectivity index (χ4v) is 3.98. The van der Waals surface area contributed by atoms with Gasteiger partial charge in [-0.2, -0.15) is 0 Å². The van der Waals surface area contributed by atoms with E-state index in [0.29, 0.717) is 40.5 Å². The number of hydrogen-bond acceptors (Lipinski definition) is 6. The Morgan fingerprint density at radius 1 is 1.10 bits per heavy atom. The number of ether oxygens (including phenoxy) is 2. The smallest absolute Gasteiger partial charge is 0.262 e. The Labute approximate surface area is 173 Å². The summed E-state index contributed by atoms with van der Waals surface area (Å²) in [5, 5.41) is 1.23. The molecule has 0 radical (unpaired) electrons. The maximum Gasteiger partial charge on any atom is 0.262 e. The standard InChI is InChI=1S/C22H24N2O4S/c1-15(25)7-6-12-29-22-23-18-9-5-4-8-17(18)21(26)24(22)14-16-10-11-19(27-2)20(13-16)28-3/h4-5,8-11,13H,6-7,12,14H2,1-3H3. The lowest BCUT2D eigenvalue weighted by molar-refractivity contribution is -0.117. The second-order valence-corrected chi connectivity index (χ2v) is 7.71. The van der Waals surface area contributed by atoms with Crippen LogP contribution in [0.4, 0.5) is 0 Å². The van der Waals surface area contributed by atoms with Crippen molar-refractivity contribution in [3.63, 3.8) is 0 Å². The van der Waals surface area contributed by atoms with E-state index in [1.807, 2.05) is 36.4 Å². The topological polar surface area (TPSA) is 70.4 Å². The van der Waals surface area contributed by atoms with E-state index < -0.39 is 0 Å². The summed E-state index contributed by atoms with van der Waals surface area (Å²) < 4.78 is 12.4. The SMILES string of the molecule is COc1ccc(Cn2c(SCCCC(C)=O)nc3ccccc3c2=O)cc1OC. The number of thioether (sulfide) groups is 1. The minimum atomic E-state index is -0.0838. The fraction of sp³-hybridized carbons (Fsp3) is 0.318. The third-order valence-corrected chi connectivity index (χ3v) is 5.58. The van der Waals surface area contributed by atoms with Crippen LogP contribution in [0.1, 0.15) is 25.3 Å². The summed E-state index contributed by atoms with van der Waals surface area (Å²) in [5.41, 5.74) is 1.50. The summed E-state index contributed by atoms with van der Waals surface area (Å²) in [4.78, 5) is 29.1. The molecule has 0 amide bonds. The summed E-state index contributed by atoms with van der Waals surface area (Å²) in [6, 6.07) is 13.0. The summed E-state index contributed by atoms with van der Waals surface area (Å²) in [6.45, 7) is 1.96. The van der Waals surface area contributed by atoms with Crippen LogP contribution in [0, 0.1) is 0 Å². The number of rotatable bonds is 9. The molecule has 6 nitrogen and oxygen atoms in total. The van der Waals surface area contributed by atoms with Gasteiger partial charge in [-0.1, -0.05) is 30.0 Å². The lowest BCUT2D eigenvalue weighted by Crippen LogP contribution is -2.24. The number of fused-ring (bicyclic) bond motifs is 1. The molecular weight excluding hydrogens is 388 g/mol. The number of methoxy groups -OCH3 is 2. The zero-order valence-electron chi connectivity index (χ0n) is 16.8. The molecule has 0 spiro atoms. The number of benzene rings is 2. The minimum Gasteiger partial charge on any atom is -0.493 e. The number of carbonyl (C=O) groups excluding carboxylic acids is 1. The number of ketones is 1. The molecule has 0 aliphatic carbocycles. The van der Waals surface area contributed by atoms with Crippen molar-refractivity contribution in [3.05, 3.63) is 58.4 Å². The Hall–Kier alpha value is -2.80. The molecule has 0 aliphatic rings. The van der Waals surface area contributed by atoms with E-state index in [0.717, 1.165) is 17.7 Å². The van der Waals surface area contributed by atoms with E-state index >= 15 is 0 Å². The van der Waals surface area contributed by atoms with Crippen molar-refractivity contribution < 1.29 is 14.3 Å². The monoisotopic (exact) mass is 412 g/mol. The van der Waals surface area contributed by atoms with Crippen LogP contribution in [-0.4, -0.2) is 35.3 Å². The van der Waals surface area contributed by atoms with E-state index in [2.05, 4.69) is 0 Å². The van der Waals surface area contributed by atoms with Crippen LogP contribution in [0.25, 0.3) is 10.9 Å². The van der Waals surface area contributed by atoms with Gasteiger partial charge in [-0.25, -0.2) is 4.98 Å². The summed E-state index contributed by atoms with van der Waals surface area (Å²) >= 11 is 1.50. The first kappa shape index (κ1) is 20.9. The third-order valence-electron chi connectivity index (χ3n) is 4.52. The minimum absolute atomic E-state index is 0.0838. The van der Waals surface area contributed by atoms with Crippen molar-refractivity contribution in [2.24, 2.45) is 0 Å². The van der Waals surface area contributed by atoms with Crippen LogP contribution in [0.3, 0.4) is 0 Å². The molecule has 1 aromatic heterocycles. The number of para-hydroxylation sites is 1. The van der Waals surface area contributed by atoms with Gasteiger partial charge in [0.05, 0.1) is 31.7 Å². The number of nitrogens with zero attached hydrogens (tertiary/aromatic N) is 2. The summed E-state index contributed by atoms with van der Waals surface area (Å²) in [7, 11) is 3.17. The second kappa shape index (κ2) is 9.60. The molecule has 0 aliphatic heterocycles. The van der Waals surface area contributed by atoms with Crippen molar-refractivity contribution in [2.45, 2.75) is 31.5 Å². The summed E-state index contributed by atoms with van der Waals surface area (Å²) in [5.74, 6) is 2.14. The zero-order valence-corrected chi connectivity index (χ0v) is 17.6. The molecule has 0 saturated heterocycles. The predicted octanol–water partition coefficient (Wildman–Crippen LogP) is 3.92. The molecule has 29 heavy (non-hydrogen) atoms. The quantitative estimate of drug-likeness (QED) is 0.301. The molecule has 152 valence electrons. The first-order valence-electron chi connectivity index (χ1n) is 9.36. The van der Waals surface area contributed by atoms with Crippen LogP contribution in [0.2, 0.25) is 0 Å². The Bertz CT molecular complexity index is 1080. The van der Waals surface area contributed by atoms with Gasteiger partial charge in [0.2, 0.25) is 0 Å². The highest BCUT2D eigenvalue weighted by molar-refractivity contribution is 7.99. The molecule has 0 bridgehead atoms. The van der Waals surface area contributed by atoms with Crippen LogP contribution < -0.4 is 15.0 Å². The number of hydrogen-bond donors (Lipinski definition) is 0. The molecule has 7 heteroatoms. The van der Waals surface area contributed by atoms with Gasteiger partial charge >= 0.3 is 0 Å². The van der Waals surface area contributed by atoms with Gasteiger partial charge in [0.1, 0.15) is 5.78 Å². The maximum atomic E-state index is 13.2. The number of aromatic nitrogens is 2. The van der Waals surface area contributed by atoms with Crippen LogP contribution in [-0.2, 0) is 11.3 Å². The number of carbonyl (C=O) groups is 1. The van der Waals surface area contributed by atoms with Gasteiger partial charge in [0.25, 0.3) is 5.56 Å². The van der Waals surface area contributed by atoms with Crippen LogP contribution >= 0.6 is 11.8 Å². The van der Waals surface area contributed by atoms with Crippen molar-refractivity contribution in [1.29, 1.82) is 0 Å². The molecule has 2 aromatic carbocycles. The Morgan fingerprint density at radius 2 is 1.86 bits per heavy atom. The van der Waals surface area contributed by atoms with Gasteiger partial charge in [0, 0.05) is 12.2 Å². The van der Waals surface area contributed by atoms with Crippen molar-refractivity contribution in [3.8, 4) is 11.5 Å². The van der Waals surface area contributed by atoms with Gasteiger partial charge in [0.15, 0.2) is 16.7 Å². The fourth-order valence-electron chi connectivity index (χ4n) is 3.04. The first-order valence-corrected chi connectivity index (χ1v) is 10.3. The average Bonchev–Trinajstić information content (AvgIpc) is 2.73. The van der Waals surface area contributed by atoms with Gasteiger partial charge in [-0.3, -0.25) is 9.36 Å². The van der Waals surface area contributed by atoms with E-state index in [4.69, 9.17) is 14.5 Å². The first-order chi connectivity index (χ1) is 14.0. The highest BCUT2D eigenvalue weighted by atomic mass is 32.2. The average molecular weight is 413 g/mol. The lowest BCUT2D eigenvalue weighted by atomic mass is 10.2. The van der Waals surface area contributed by atoms with E-state index in [1.165, 1.54) is 11.8 Å². The van der Waals surface area contributed by atoms with E-state index in [1.54, 1.807) is 31.8 Å². The molecule has 0 unspecified atom stereocenters. The van der Waals surface area contributed by atoms with Gasteiger partial charge < -0.3 is 14.3 Å². The van der Waals surface area contributed by atoms with Crippen molar-refractivity contribution >= 4 is 28.4 Å².